The second-order valence-electron chi connectivity index (χ2n) is 3.15. The van der Waals surface area contributed by atoms with Crippen LogP contribution >= 0.6 is 15.9 Å². The lowest BCUT2D eigenvalue weighted by Gasteiger charge is -2.07. The molecule has 1 aromatic carbocycles. The minimum atomic E-state index is -2.95. The quantitative estimate of drug-likeness (QED) is 0.437. The molecule has 0 aliphatic carbocycles. The average molecular weight is 332 g/mol. The van der Waals surface area contributed by atoms with Crippen molar-refractivity contribution in [2.75, 3.05) is 5.43 Å². The van der Waals surface area contributed by atoms with Gasteiger partial charge in [0.15, 0.2) is 5.84 Å². The summed E-state index contributed by atoms with van der Waals surface area (Å²) in [5, 5.41) is 19.2. The van der Waals surface area contributed by atoms with Gasteiger partial charge in [-0.1, -0.05) is 15.9 Å². The van der Waals surface area contributed by atoms with Crippen LogP contribution in [0.2, 0.25) is 0 Å². The summed E-state index contributed by atoms with van der Waals surface area (Å²) in [6.45, 7) is -2.95. The highest BCUT2D eigenvalue weighted by atomic mass is 79.9. The summed E-state index contributed by atoms with van der Waals surface area (Å²) in [6, 6.07) is 5.74. The Morgan fingerprint density at radius 3 is 2.74 bits per heavy atom. The van der Waals surface area contributed by atoms with Crippen molar-refractivity contribution in [1.82, 2.24) is 0 Å². The third-order valence-electron chi connectivity index (χ3n) is 1.75. The maximum absolute atomic E-state index is 12.1. The fourth-order valence-corrected chi connectivity index (χ4v) is 1.54. The Bertz CT molecular complexity index is 555. The summed E-state index contributed by atoms with van der Waals surface area (Å²) in [5.74, 6) is -0.586. The molecule has 0 spiro atoms. The van der Waals surface area contributed by atoms with Gasteiger partial charge in [0.25, 0.3) is 0 Å². The van der Waals surface area contributed by atoms with Crippen LogP contribution in [-0.2, 0) is 0 Å². The van der Waals surface area contributed by atoms with Gasteiger partial charge in [0.2, 0.25) is 5.71 Å². The largest absolute Gasteiger partial charge is 0.435 e. The van der Waals surface area contributed by atoms with E-state index in [9.17, 15) is 8.78 Å². The molecule has 0 atom stereocenters. The van der Waals surface area contributed by atoms with Gasteiger partial charge in [0, 0.05) is 10.5 Å². The van der Waals surface area contributed by atoms with Crippen molar-refractivity contribution in [3.8, 4) is 11.8 Å². The number of hydrogen-bond donors (Lipinski definition) is 3. The highest BCUT2D eigenvalue weighted by molar-refractivity contribution is 9.10. The van der Waals surface area contributed by atoms with Crippen molar-refractivity contribution < 1.29 is 13.5 Å². The van der Waals surface area contributed by atoms with Crippen molar-refractivity contribution >= 4 is 33.2 Å². The van der Waals surface area contributed by atoms with Crippen LogP contribution in [0, 0.1) is 16.7 Å². The van der Waals surface area contributed by atoms with E-state index in [4.69, 9.17) is 16.4 Å². The lowest BCUT2D eigenvalue weighted by atomic mass is 10.3. The van der Waals surface area contributed by atoms with E-state index in [-0.39, 0.29) is 11.5 Å². The molecule has 0 aromatic heterocycles. The number of nitrogens with two attached hydrogens (primary N) is 1. The van der Waals surface area contributed by atoms with E-state index in [1.165, 1.54) is 18.2 Å². The highest BCUT2D eigenvalue weighted by Crippen LogP contribution is 2.25. The van der Waals surface area contributed by atoms with Crippen molar-refractivity contribution in [1.29, 1.82) is 10.7 Å². The molecule has 100 valence electrons. The maximum Gasteiger partial charge on any atom is 0.387 e. The van der Waals surface area contributed by atoms with Crippen molar-refractivity contribution in [2.45, 2.75) is 6.61 Å². The van der Waals surface area contributed by atoms with Crippen LogP contribution in [0.25, 0.3) is 0 Å². The molecule has 0 heterocycles. The molecule has 0 saturated carbocycles. The molecular weight excluding hydrogens is 324 g/mol. The Morgan fingerprint density at radius 2 is 2.21 bits per heavy atom. The number of benzene rings is 1. The molecule has 0 saturated heterocycles. The average Bonchev–Trinajstić information content (AvgIpc) is 2.27. The number of ether oxygens (including phenoxy) is 1. The number of rotatable bonds is 5. The third kappa shape index (κ3) is 4.89. The van der Waals surface area contributed by atoms with Crippen LogP contribution in [0.15, 0.2) is 27.8 Å². The minimum absolute atomic E-state index is 0.0802. The molecule has 9 heteroatoms. The number of hydrogen-bond acceptors (Lipinski definition) is 5. The van der Waals surface area contributed by atoms with E-state index >= 15 is 0 Å². The normalized spacial score (nSPS) is 11.0. The molecule has 0 aliphatic heterocycles. The van der Waals surface area contributed by atoms with E-state index in [1.54, 1.807) is 6.07 Å². The van der Waals surface area contributed by atoms with Crippen LogP contribution in [0.1, 0.15) is 0 Å². The van der Waals surface area contributed by atoms with Gasteiger partial charge in [0.05, 0.1) is 5.69 Å². The lowest BCUT2D eigenvalue weighted by Crippen LogP contribution is -2.21. The van der Waals surface area contributed by atoms with Crippen LogP contribution in [-0.4, -0.2) is 18.2 Å². The summed E-state index contributed by atoms with van der Waals surface area (Å²) in [4.78, 5) is 0. The van der Waals surface area contributed by atoms with Gasteiger partial charge in [0.1, 0.15) is 11.8 Å². The van der Waals surface area contributed by atoms with E-state index < -0.39 is 12.4 Å². The molecule has 1 aromatic rings. The lowest BCUT2D eigenvalue weighted by molar-refractivity contribution is -0.0498. The SMILES string of the molecule is N#C/C(=N\Nc1cc(Br)cc(OC(F)F)c1)C(=N)N. The Morgan fingerprint density at radius 1 is 1.53 bits per heavy atom. The van der Waals surface area contributed by atoms with Gasteiger partial charge in [-0.3, -0.25) is 10.8 Å². The van der Waals surface area contributed by atoms with E-state index in [0.29, 0.717) is 10.2 Å². The number of amidine groups is 1. The molecule has 0 radical (unpaired) electrons. The van der Waals surface area contributed by atoms with Gasteiger partial charge in [-0.15, -0.1) is 0 Å². The van der Waals surface area contributed by atoms with Crippen molar-refractivity contribution in [2.24, 2.45) is 10.8 Å². The topological polar surface area (TPSA) is 107 Å². The summed E-state index contributed by atoms with van der Waals surface area (Å²) >= 11 is 3.11. The van der Waals surface area contributed by atoms with Crippen LogP contribution in [0.4, 0.5) is 14.5 Å². The zero-order valence-corrected chi connectivity index (χ0v) is 10.9. The van der Waals surface area contributed by atoms with Gasteiger partial charge >= 0.3 is 6.61 Å². The van der Waals surface area contributed by atoms with Gasteiger partial charge in [-0.25, -0.2) is 0 Å². The molecule has 1 rings (SSSR count). The Kier molecular flexibility index (Phi) is 5.20. The predicted octanol–water partition coefficient (Wildman–Crippen LogP) is 2.28. The van der Waals surface area contributed by atoms with Gasteiger partial charge < -0.3 is 10.5 Å². The number of anilines is 1. The first-order valence-electron chi connectivity index (χ1n) is 4.76. The highest BCUT2D eigenvalue weighted by Gasteiger charge is 2.07. The standard InChI is InChI=1S/C10H8BrF2N5O/c11-5-1-6(3-7(2-5)19-10(12)13)17-18-8(4-14)9(15)16/h1-3,10,17H,(H3,15,16)/b18-8+. The zero-order valence-electron chi connectivity index (χ0n) is 9.32. The first-order chi connectivity index (χ1) is 8.92. The Labute approximate surface area is 115 Å². The second kappa shape index (κ2) is 6.65. The first-order valence-corrected chi connectivity index (χ1v) is 5.55. The minimum Gasteiger partial charge on any atom is -0.435 e. The number of alkyl halides is 2. The van der Waals surface area contributed by atoms with Crippen molar-refractivity contribution in [3.63, 3.8) is 0 Å². The second-order valence-corrected chi connectivity index (χ2v) is 4.07. The predicted molar refractivity (Wildman–Crippen MR) is 69.4 cm³/mol. The number of nitrogens with one attached hydrogen (secondary N) is 2. The Balaban J connectivity index is 2.93. The zero-order chi connectivity index (χ0) is 14.4. The van der Waals surface area contributed by atoms with Gasteiger partial charge in [-0.2, -0.15) is 19.1 Å². The smallest absolute Gasteiger partial charge is 0.387 e. The third-order valence-corrected chi connectivity index (χ3v) is 2.21. The van der Waals surface area contributed by atoms with Gasteiger partial charge in [-0.05, 0) is 12.1 Å². The fraction of sp³-hybridized carbons (Fsp3) is 0.100. The van der Waals surface area contributed by atoms with E-state index in [0.717, 1.165) is 0 Å². The summed E-state index contributed by atoms with van der Waals surface area (Å²) in [5.41, 5.74) is 7.48. The number of nitriles is 1. The summed E-state index contributed by atoms with van der Waals surface area (Å²) in [7, 11) is 0. The Hall–Kier alpha value is -2.21. The number of hydrazone groups is 1. The van der Waals surface area contributed by atoms with Crippen molar-refractivity contribution in [3.05, 3.63) is 22.7 Å². The van der Waals surface area contributed by atoms with Crippen LogP contribution < -0.4 is 15.9 Å². The molecule has 4 N–H and O–H groups in total. The molecule has 6 nitrogen and oxygen atoms in total. The molecule has 0 aliphatic rings. The number of nitrogens with zero attached hydrogens (tertiary/aromatic N) is 2. The molecule has 19 heavy (non-hydrogen) atoms. The van der Waals surface area contributed by atoms with Crippen LogP contribution in [0.5, 0.6) is 5.75 Å². The molecule has 0 fully saturated rings. The fourth-order valence-electron chi connectivity index (χ4n) is 1.06. The summed E-state index contributed by atoms with van der Waals surface area (Å²) in [6.07, 6.45) is 0. The van der Waals surface area contributed by atoms with Crippen LogP contribution in [0.3, 0.4) is 0 Å². The first kappa shape index (κ1) is 14.8. The molecular formula is C10H8BrF2N5O. The molecule has 0 unspecified atom stereocenters. The molecule has 0 bridgehead atoms. The maximum atomic E-state index is 12.1. The number of halogens is 3. The monoisotopic (exact) mass is 331 g/mol. The summed E-state index contributed by atoms with van der Waals surface area (Å²) < 4.78 is 28.9. The molecule has 0 amide bonds. The van der Waals surface area contributed by atoms with E-state index in [2.05, 4.69) is 31.2 Å². The van der Waals surface area contributed by atoms with E-state index in [1.807, 2.05) is 0 Å².